The molecule has 5 nitrogen and oxygen atoms in total. The van der Waals surface area contributed by atoms with Gasteiger partial charge in [-0.05, 0) is 24.5 Å². The quantitative estimate of drug-likeness (QED) is 0.926. The molecule has 2 atom stereocenters. The van der Waals surface area contributed by atoms with Crippen LogP contribution in [0.1, 0.15) is 43.1 Å². The number of nitrogens with zero attached hydrogens (tertiary/aromatic N) is 2. The molecular weight excluding hydrogens is 298 g/mol. The van der Waals surface area contributed by atoms with Crippen LogP contribution in [0.5, 0.6) is 0 Å². The van der Waals surface area contributed by atoms with Crippen molar-refractivity contribution in [2.45, 2.75) is 50.1 Å². The summed E-state index contributed by atoms with van der Waals surface area (Å²) >= 11 is 1.52. The van der Waals surface area contributed by atoms with Gasteiger partial charge in [0, 0.05) is 24.8 Å². The van der Waals surface area contributed by atoms with Crippen LogP contribution in [-0.2, 0) is 16.1 Å². The van der Waals surface area contributed by atoms with E-state index in [2.05, 4.69) is 24.1 Å². The number of thioether (sulfide) groups is 1. The number of fused-ring (bicyclic) bond motifs is 3. The van der Waals surface area contributed by atoms with Gasteiger partial charge in [-0.15, -0.1) is 0 Å². The SMILES string of the molecule is COCc1cc(C)nc2c1[C@@H]1N=C(CC(C)C)NC(=O)[C@H]1S2. The number of carbonyl (C=O) groups is 1. The van der Waals surface area contributed by atoms with Crippen LogP contribution < -0.4 is 5.32 Å². The number of aromatic nitrogens is 1. The van der Waals surface area contributed by atoms with Crippen molar-refractivity contribution < 1.29 is 9.53 Å². The van der Waals surface area contributed by atoms with Gasteiger partial charge in [0.25, 0.3) is 0 Å². The molecule has 0 saturated heterocycles. The molecule has 3 heterocycles. The highest BCUT2D eigenvalue weighted by Crippen LogP contribution is 2.48. The minimum Gasteiger partial charge on any atom is -0.380 e. The summed E-state index contributed by atoms with van der Waals surface area (Å²) in [6.45, 7) is 6.74. The Bertz CT molecular complexity index is 643. The predicted molar refractivity (Wildman–Crippen MR) is 87.1 cm³/mol. The lowest BCUT2D eigenvalue weighted by atomic mass is 9.98. The minimum atomic E-state index is -0.212. The molecule has 6 heteroatoms. The maximum absolute atomic E-state index is 12.4. The second-order valence-corrected chi connectivity index (χ2v) is 7.35. The van der Waals surface area contributed by atoms with E-state index in [0.717, 1.165) is 34.1 Å². The number of amides is 1. The van der Waals surface area contributed by atoms with E-state index < -0.39 is 0 Å². The van der Waals surface area contributed by atoms with E-state index in [0.29, 0.717) is 12.5 Å². The number of amidine groups is 1. The lowest BCUT2D eigenvalue weighted by molar-refractivity contribution is -0.119. The van der Waals surface area contributed by atoms with Gasteiger partial charge in [0.2, 0.25) is 5.91 Å². The molecule has 1 amide bonds. The van der Waals surface area contributed by atoms with Gasteiger partial charge in [0.1, 0.15) is 22.2 Å². The number of ether oxygens (including phenoxy) is 1. The largest absolute Gasteiger partial charge is 0.380 e. The lowest BCUT2D eigenvalue weighted by Gasteiger charge is -2.25. The number of nitrogens with one attached hydrogen (secondary N) is 1. The maximum atomic E-state index is 12.4. The van der Waals surface area contributed by atoms with Crippen molar-refractivity contribution in [2.24, 2.45) is 10.9 Å². The first-order chi connectivity index (χ1) is 10.5. The van der Waals surface area contributed by atoms with Gasteiger partial charge in [-0.1, -0.05) is 25.6 Å². The van der Waals surface area contributed by atoms with Crippen molar-refractivity contribution in [1.29, 1.82) is 0 Å². The van der Waals surface area contributed by atoms with Gasteiger partial charge in [0.05, 0.1) is 6.61 Å². The van der Waals surface area contributed by atoms with Crippen molar-refractivity contribution in [2.75, 3.05) is 7.11 Å². The number of aryl methyl sites for hydroxylation is 1. The Kier molecular flexibility index (Phi) is 4.23. The Labute approximate surface area is 134 Å². The molecule has 0 unspecified atom stereocenters. The molecular formula is C16H21N3O2S. The first-order valence-corrected chi connectivity index (χ1v) is 8.41. The number of hydrogen-bond acceptors (Lipinski definition) is 5. The highest BCUT2D eigenvalue weighted by Gasteiger charge is 2.43. The van der Waals surface area contributed by atoms with Crippen LogP contribution in [-0.4, -0.2) is 29.1 Å². The molecule has 2 aliphatic heterocycles. The van der Waals surface area contributed by atoms with Crippen LogP contribution in [0.2, 0.25) is 0 Å². The average molecular weight is 319 g/mol. The van der Waals surface area contributed by atoms with E-state index in [9.17, 15) is 4.79 Å². The lowest BCUT2D eigenvalue weighted by Crippen LogP contribution is -2.43. The third-order valence-electron chi connectivity index (χ3n) is 3.78. The molecule has 0 saturated carbocycles. The van der Waals surface area contributed by atoms with Crippen molar-refractivity contribution in [1.82, 2.24) is 10.3 Å². The number of rotatable bonds is 4. The van der Waals surface area contributed by atoms with Gasteiger partial charge in [-0.2, -0.15) is 0 Å². The van der Waals surface area contributed by atoms with E-state index in [-0.39, 0.29) is 17.2 Å². The van der Waals surface area contributed by atoms with Crippen molar-refractivity contribution >= 4 is 23.5 Å². The highest BCUT2D eigenvalue weighted by atomic mass is 32.2. The topological polar surface area (TPSA) is 63.6 Å². The Morgan fingerprint density at radius 2 is 2.23 bits per heavy atom. The van der Waals surface area contributed by atoms with Crippen molar-refractivity contribution in [3.63, 3.8) is 0 Å². The fourth-order valence-electron chi connectivity index (χ4n) is 2.97. The predicted octanol–water partition coefficient (Wildman–Crippen LogP) is 2.63. The van der Waals surface area contributed by atoms with Crippen molar-refractivity contribution in [3.8, 4) is 0 Å². The summed E-state index contributed by atoms with van der Waals surface area (Å²) in [7, 11) is 1.68. The third kappa shape index (κ3) is 2.77. The van der Waals surface area contributed by atoms with E-state index >= 15 is 0 Å². The number of methoxy groups -OCH3 is 1. The molecule has 3 rings (SSSR count). The Morgan fingerprint density at radius 3 is 2.91 bits per heavy atom. The second kappa shape index (κ2) is 6.01. The fraction of sp³-hybridized carbons (Fsp3) is 0.562. The zero-order valence-corrected chi connectivity index (χ0v) is 14.2. The third-order valence-corrected chi connectivity index (χ3v) is 5.04. The van der Waals surface area contributed by atoms with E-state index in [1.54, 1.807) is 7.11 Å². The Balaban J connectivity index is 2.04. The molecule has 0 radical (unpaired) electrons. The fourth-order valence-corrected chi connectivity index (χ4v) is 4.28. The molecule has 0 aliphatic carbocycles. The normalized spacial score (nSPS) is 23.1. The smallest absolute Gasteiger partial charge is 0.241 e. The Morgan fingerprint density at radius 1 is 1.45 bits per heavy atom. The standard InChI is InChI=1S/C16H21N3O2S/c1-8(2)5-11-18-13-12-10(7-21-4)6-9(3)17-16(12)22-14(13)15(20)19-11/h6,8,13-14H,5,7H2,1-4H3,(H,18,19,20)/t13-,14-/m0/s1. The molecule has 118 valence electrons. The highest BCUT2D eigenvalue weighted by molar-refractivity contribution is 8.01. The zero-order valence-electron chi connectivity index (χ0n) is 13.3. The molecule has 22 heavy (non-hydrogen) atoms. The summed E-state index contributed by atoms with van der Waals surface area (Å²) in [5.41, 5.74) is 3.11. The summed E-state index contributed by atoms with van der Waals surface area (Å²) in [6.07, 6.45) is 0.786. The number of pyridine rings is 1. The average Bonchev–Trinajstić information content (AvgIpc) is 2.77. The van der Waals surface area contributed by atoms with Crippen LogP contribution in [0.3, 0.4) is 0 Å². The Hall–Kier alpha value is -1.40. The number of carbonyl (C=O) groups excluding carboxylic acids is 1. The van der Waals surface area contributed by atoms with E-state index in [1.165, 1.54) is 11.8 Å². The molecule has 1 aromatic heterocycles. The van der Waals surface area contributed by atoms with Gasteiger partial charge in [-0.3, -0.25) is 9.79 Å². The maximum Gasteiger partial charge on any atom is 0.241 e. The molecule has 0 aromatic carbocycles. The number of aliphatic imine (C=N–C) groups is 1. The summed E-state index contributed by atoms with van der Waals surface area (Å²) in [5.74, 6) is 1.29. The van der Waals surface area contributed by atoms with Crippen LogP contribution in [0.4, 0.5) is 0 Å². The summed E-state index contributed by atoms with van der Waals surface area (Å²) in [6, 6.07) is 1.90. The summed E-state index contributed by atoms with van der Waals surface area (Å²) in [4.78, 5) is 21.8. The monoisotopic (exact) mass is 319 g/mol. The van der Waals surface area contributed by atoms with E-state index in [4.69, 9.17) is 9.73 Å². The van der Waals surface area contributed by atoms with Gasteiger partial charge >= 0.3 is 0 Å². The van der Waals surface area contributed by atoms with Gasteiger partial charge in [0.15, 0.2) is 0 Å². The second-order valence-electron chi connectivity index (χ2n) is 6.22. The minimum absolute atomic E-state index is 0.0414. The molecule has 1 N–H and O–H groups in total. The molecule has 2 aliphatic rings. The van der Waals surface area contributed by atoms with Crippen LogP contribution in [0.25, 0.3) is 0 Å². The van der Waals surface area contributed by atoms with Crippen LogP contribution in [0.15, 0.2) is 16.1 Å². The molecule has 0 bridgehead atoms. The molecule has 0 spiro atoms. The van der Waals surface area contributed by atoms with Crippen LogP contribution >= 0.6 is 11.8 Å². The van der Waals surface area contributed by atoms with E-state index in [1.807, 2.05) is 13.0 Å². The zero-order chi connectivity index (χ0) is 15.9. The summed E-state index contributed by atoms with van der Waals surface area (Å²) < 4.78 is 5.32. The molecule has 0 fully saturated rings. The first kappa shape index (κ1) is 15.5. The summed E-state index contributed by atoms with van der Waals surface area (Å²) in [5, 5.41) is 3.66. The van der Waals surface area contributed by atoms with Gasteiger partial charge in [-0.25, -0.2) is 4.98 Å². The van der Waals surface area contributed by atoms with Crippen molar-refractivity contribution in [3.05, 3.63) is 22.9 Å². The van der Waals surface area contributed by atoms with Crippen LogP contribution in [0, 0.1) is 12.8 Å². The first-order valence-electron chi connectivity index (χ1n) is 7.53. The molecule has 1 aromatic rings. The number of hydrogen-bond donors (Lipinski definition) is 1. The van der Waals surface area contributed by atoms with Gasteiger partial charge < -0.3 is 10.1 Å².